The van der Waals surface area contributed by atoms with E-state index in [2.05, 4.69) is 0 Å². The highest BCUT2D eigenvalue weighted by Gasteiger charge is 2.05. The van der Waals surface area contributed by atoms with Gasteiger partial charge in [0.15, 0.2) is 0 Å². The van der Waals surface area contributed by atoms with E-state index in [1.54, 1.807) is 24.3 Å². The van der Waals surface area contributed by atoms with Gasteiger partial charge in [-0.3, -0.25) is 4.79 Å². The van der Waals surface area contributed by atoms with E-state index in [0.29, 0.717) is 5.75 Å². The monoisotopic (exact) mass is 207 g/mol. The molecule has 1 aromatic rings. The fourth-order valence-electron chi connectivity index (χ4n) is 1.45. The first-order valence-corrected chi connectivity index (χ1v) is 5.26. The summed E-state index contributed by atoms with van der Waals surface area (Å²) in [5.41, 5.74) is 0. The average molecular weight is 207 g/mol. The van der Waals surface area contributed by atoms with Crippen molar-refractivity contribution in [2.24, 2.45) is 0 Å². The van der Waals surface area contributed by atoms with Crippen molar-refractivity contribution in [1.29, 1.82) is 0 Å². The van der Waals surface area contributed by atoms with Crippen LogP contribution in [0.3, 0.4) is 0 Å². The first-order chi connectivity index (χ1) is 7.33. The molecule has 0 aromatic heterocycles. The molecule has 1 aliphatic heterocycles. The quantitative estimate of drug-likeness (QED) is 0.716. The number of piperidine rings is 1. The van der Waals surface area contributed by atoms with Gasteiger partial charge in [-0.25, -0.2) is 0 Å². The maximum absolute atomic E-state index is 10.1. The molecule has 0 atom stereocenters. The smallest absolute Gasteiger partial charge is 0.209 e. The summed E-state index contributed by atoms with van der Waals surface area (Å²) in [6.45, 7) is 1.95. The number of likely N-dealkylation sites (tertiary alicyclic amines) is 1. The van der Waals surface area contributed by atoms with Crippen molar-refractivity contribution in [2.75, 3.05) is 13.1 Å². The summed E-state index contributed by atoms with van der Waals surface area (Å²) in [6, 6.07) is 8.71. The van der Waals surface area contributed by atoms with Crippen LogP contribution in [0, 0.1) is 0 Å². The van der Waals surface area contributed by atoms with Crippen molar-refractivity contribution in [3.8, 4) is 5.75 Å². The fraction of sp³-hybridized carbons (Fsp3) is 0.417. The van der Waals surface area contributed by atoms with Gasteiger partial charge in [0.2, 0.25) is 6.41 Å². The summed E-state index contributed by atoms with van der Waals surface area (Å²) in [5, 5.41) is 8.63. The Labute approximate surface area is 90.3 Å². The van der Waals surface area contributed by atoms with E-state index in [-0.39, 0.29) is 0 Å². The van der Waals surface area contributed by atoms with E-state index in [0.717, 1.165) is 19.5 Å². The number of benzene rings is 1. The number of phenolic OH excluding ortho intramolecular Hbond substituents is 1. The van der Waals surface area contributed by atoms with Crippen LogP contribution >= 0.6 is 0 Å². The number of phenols is 1. The Kier molecular flexibility index (Phi) is 5.30. The largest absolute Gasteiger partial charge is 0.508 e. The number of hydrogen-bond donors (Lipinski definition) is 1. The SMILES string of the molecule is O=CN1CCCCC1.Oc1ccccc1. The van der Waals surface area contributed by atoms with Gasteiger partial charge >= 0.3 is 0 Å². The van der Waals surface area contributed by atoms with E-state index >= 15 is 0 Å². The fourth-order valence-corrected chi connectivity index (χ4v) is 1.45. The van der Waals surface area contributed by atoms with E-state index in [9.17, 15) is 4.79 Å². The molecule has 1 amide bonds. The first kappa shape index (κ1) is 11.6. The van der Waals surface area contributed by atoms with Crippen LogP contribution in [0.2, 0.25) is 0 Å². The predicted molar refractivity (Wildman–Crippen MR) is 59.6 cm³/mol. The van der Waals surface area contributed by atoms with E-state index < -0.39 is 0 Å². The zero-order chi connectivity index (χ0) is 10.9. The summed E-state index contributed by atoms with van der Waals surface area (Å²) in [5.74, 6) is 0.322. The number of amides is 1. The van der Waals surface area contributed by atoms with Crippen LogP contribution in [0.25, 0.3) is 0 Å². The lowest BCUT2D eigenvalue weighted by atomic mass is 10.1. The van der Waals surface area contributed by atoms with Gasteiger partial charge < -0.3 is 10.0 Å². The lowest BCUT2D eigenvalue weighted by Crippen LogP contribution is -2.27. The Hall–Kier alpha value is -1.51. The maximum atomic E-state index is 10.1. The van der Waals surface area contributed by atoms with Crippen LogP contribution in [0.5, 0.6) is 5.75 Å². The van der Waals surface area contributed by atoms with Gasteiger partial charge in [0.1, 0.15) is 5.75 Å². The Morgan fingerprint density at radius 2 is 1.67 bits per heavy atom. The van der Waals surface area contributed by atoms with E-state index in [4.69, 9.17) is 5.11 Å². The molecule has 0 aliphatic carbocycles. The molecular formula is C12H17NO2. The molecule has 82 valence electrons. The summed E-state index contributed by atoms with van der Waals surface area (Å²) >= 11 is 0. The first-order valence-electron chi connectivity index (χ1n) is 5.26. The van der Waals surface area contributed by atoms with Crippen molar-refractivity contribution < 1.29 is 9.90 Å². The average Bonchev–Trinajstić information content (AvgIpc) is 2.32. The van der Waals surface area contributed by atoms with Gasteiger partial charge in [-0.1, -0.05) is 18.2 Å². The summed E-state index contributed by atoms with van der Waals surface area (Å²) in [7, 11) is 0. The topological polar surface area (TPSA) is 40.5 Å². The van der Waals surface area contributed by atoms with Crippen molar-refractivity contribution >= 4 is 6.41 Å². The minimum Gasteiger partial charge on any atom is -0.508 e. The molecule has 0 radical (unpaired) electrons. The van der Waals surface area contributed by atoms with Crippen molar-refractivity contribution in [3.05, 3.63) is 30.3 Å². The molecule has 1 fully saturated rings. The third-order valence-electron chi connectivity index (χ3n) is 2.30. The number of nitrogens with zero attached hydrogens (tertiary/aromatic N) is 1. The third kappa shape index (κ3) is 5.05. The number of carbonyl (C=O) groups is 1. The molecule has 0 bridgehead atoms. The van der Waals surface area contributed by atoms with Crippen LogP contribution in [-0.4, -0.2) is 29.5 Å². The molecule has 1 saturated heterocycles. The number of hydrogen-bond acceptors (Lipinski definition) is 2. The molecule has 0 saturated carbocycles. The van der Waals surface area contributed by atoms with Gasteiger partial charge in [-0.05, 0) is 31.4 Å². The Bertz CT molecular complexity index is 268. The second kappa shape index (κ2) is 6.87. The highest BCUT2D eigenvalue weighted by Crippen LogP contribution is 2.05. The second-order valence-electron chi connectivity index (χ2n) is 3.54. The minimum absolute atomic E-state index is 0.322. The number of aromatic hydroxyl groups is 1. The summed E-state index contributed by atoms with van der Waals surface area (Å²) in [4.78, 5) is 11.9. The van der Waals surface area contributed by atoms with Gasteiger partial charge in [0, 0.05) is 13.1 Å². The minimum atomic E-state index is 0.322. The van der Waals surface area contributed by atoms with Crippen LogP contribution in [0.4, 0.5) is 0 Å². The van der Waals surface area contributed by atoms with Crippen molar-refractivity contribution in [2.45, 2.75) is 19.3 Å². The molecular weight excluding hydrogens is 190 g/mol. The Morgan fingerprint density at radius 1 is 1.07 bits per heavy atom. The normalized spacial score (nSPS) is 15.1. The molecule has 0 spiro atoms. The maximum Gasteiger partial charge on any atom is 0.209 e. The lowest BCUT2D eigenvalue weighted by molar-refractivity contribution is -0.118. The van der Waals surface area contributed by atoms with Gasteiger partial charge in [0.05, 0.1) is 0 Å². The highest BCUT2D eigenvalue weighted by atomic mass is 16.3. The van der Waals surface area contributed by atoms with E-state index in [1.807, 2.05) is 11.0 Å². The summed E-state index contributed by atoms with van der Waals surface area (Å²) in [6.07, 6.45) is 4.63. The predicted octanol–water partition coefficient (Wildman–Crippen LogP) is 2.02. The molecule has 1 aromatic carbocycles. The van der Waals surface area contributed by atoms with Crippen LogP contribution in [0.15, 0.2) is 30.3 Å². The number of para-hydroxylation sites is 1. The van der Waals surface area contributed by atoms with E-state index in [1.165, 1.54) is 19.3 Å². The molecule has 0 unspecified atom stereocenters. The molecule has 1 N–H and O–H groups in total. The molecule has 15 heavy (non-hydrogen) atoms. The second-order valence-corrected chi connectivity index (χ2v) is 3.54. The van der Waals surface area contributed by atoms with Gasteiger partial charge in [-0.15, -0.1) is 0 Å². The van der Waals surface area contributed by atoms with Gasteiger partial charge in [-0.2, -0.15) is 0 Å². The Morgan fingerprint density at radius 3 is 2.00 bits per heavy atom. The van der Waals surface area contributed by atoms with Gasteiger partial charge in [0.25, 0.3) is 0 Å². The molecule has 1 heterocycles. The van der Waals surface area contributed by atoms with Crippen molar-refractivity contribution in [1.82, 2.24) is 4.90 Å². The lowest BCUT2D eigenvalue weighted by Gasteiger charge is -2.21. The standard InChI is InChI=1S/C6H11NO.C6H6O/c8-6-7-4-2-1-3-5-7;7-6-4-2-1-3-5-6/h6H,1-5H2;1-5,7H. The number of carbonyl (C=O) groups excluding carboxylic acids is 1. The molecule has 3 heteroatoms. The highest BCUT2D eigenvalue weighted by molar-refractivity contribution is 5.46. The molecule has 1 aliphatic rings. The Balaban J connectivity index is 0.000000151. The number of rotatable bonds is 1. The molecule has 2 rings (SSSR count). The summed E-state index contributed by atoms with van der Waals surface area (Å²) < 4.78 is 0. The van der Waals surface area contributed by atoms with Crippen LogP contribution in [-0.2, 0) is 4.79 Å². The van der Waals surface area contributed by atoms with Crippen LogP contribution < -0.4 is 0 Å². The van der Waals surface area contributed by atoms with Crippen LogP contribution in [0.1, 0.15) is 19.3 Å². The zero-order valence-corrected chi connectivity index (χ0v) is 8.80. The molecule has 3 nitrogen and oxygen atoms in total. The third-order valence-corrected chi connectivity index (χ3v) is 2.30. The zero-order valence-electron chi connectivity index (χ0n) is 8.80. The van der Waals surface area contributed by atoms with Crippen molar-refractivity contribution in [3.63, 3.8) is 0 Å².